The topological polar surface area (TPSA) is 65.5 Å². The van der Waals surface area contributed by atoms with E-state index in [2.05, 4.69) is 10.3 Å². The summed E-state index contributed by atoms with van der Waals surface area (Å²) in [5.41, 5.74) is 0.469. The van der Waals surface area contributed by atoms with Crippen LogP contribution in [0.15, 0.2) is 12.3 Å². The number of aliphatic hydroxyl groups excluding tert-OH is 1. The van der Waals surface area contributed by atoms with Gasteiger partial charge < -0.3 is 15.3 Å². The van der Waals surface area contributed by atoms with Crippen LogP contribution in [0, 0.1) is 0 Å². The van der Waals surface area contributed by atoms with Gasteiger partial charge in [0.1, 0.15) is 5.82 Å². The number of rotatable bonds is 6. The average molecular weight is 298 g/mol. The lowest BCUT2D eigenvalue weighted by Gasteiger charge is -2.37. The number of aliphatic hydroxyl groups is 1. The molecule has 1 aliphatic carbocycles. The van der Waals surface area contributed by atoms with Crippen molar-refractivity contribution in [3.63, 3.8) is 0 Å². The number of hydrogen-bond donors (Lipinski definition) is 2. The summed E-state index contributed by atoms with van der Waals surface area (Å²) in [6.45, 7) is 3.00. The average Bonchev–Trinajstić information content (AvgIpc) is 2.38. The van der Waals surface area contributed by atoms with Crippen molar-refractivity contribution in [3.8, 4) is 0 Å². The highest BCUT2D eigenvalue weighted by Gasteiger charge is 2.29. The molecule has 2 N–H and O–H groups in total. The fraction of sp³-hybridized carbons (Fsp3) is 0.571. The molecular formula is C14H20ClN3O2. The standard InChI is InChI=1S/C14H20ClN3O2/c1-2-16-13-12(15)8-10(9-17-13)14(20)18(6-7-19)11-4-3-5-11/h8-9,11,19H,2-7H2,1H3,(H,16,17). The molecule has 1 aromatic heterocycles. The zero-order chi connectivity index (χ0) is 14.5. The Morgan fingerprint density at radius 1 is 1.60 bits per heavy atom. The summed E-state index contributed by atoms with van der Waals surface area (Å²) in [7, 11) is 0. The first-order valence-corrected chi connectivity index (χ1v) is 7.36. The number of hydrogen-bond acceptors (Lipinski definition) is 4. The minimum atomic E-state index is -0.110. The number of nitrogens with zero attached hydrogens (tertiary/aromatic N) is 2. The predicted octanol–water partition coefficient (Wildman–Crippen LogP) is 2.15. The molecule has 0 aliphatic heterocycles. The van der Waals surface area contributed by atoms with Crippen LogP contribution < -0.4 is 5.32 Å². The van der Waals surface area contributed by atoms with Crippen molar-refractivity contribution in [3.05, 3.63) is 22.8 Å². The number of nitrogens with one attached hydrogen (secondary N) is 1. The minimum absolute atomic E-state index is 0.0289. The zero-order valence-corrected chi connectivity index (χ0v) is 12.4. The third-order valence-corrected chi connectivity index (χ3v) is 3.84. The molecule has 0 spiro atoms. The number of aromatic nitrogens is 1. The van der Waals surface area contributed by atoms with Gasteiger partial charge in [0.25, 0.3) is 5.91 Å². The number of carbonyl (C=O) groups is 1. The summed E-state index contributed by atoms with van der Waals surface area (Å²) in [6, 6.07) is 1.87. The number of halogens is 1. The summed E-state index contributed by atoms with van der Waals surface area (Å²) in [4.78, 5) is 18.4. The second kappa shape index (κ2) is 6.90. The molecule has 1 aromatic rings. The summed E-state index contributed by atoms with van der Waals surface area (Å²) in [6.07, 6.45) is 4.68. The van der Waals surface area contributed by atoms with Crippen molar-refractivity contribution in [2.24, 2.45) is 0 Å². The molecule has 6 heteroatoms. The molecule has 0 unspecified atom stereocenters. The lowest BCUT2D eigenvalue weighted by molar-refractivity contribution is 0.0525. The highest BCUT2D eigenvalue weighted by Crippen LogP contribution is 2.27. The molecule has 0 atom stereocenters. The van der Waals surface area contributed by atoms with Gasteiger partial charge in [-0.15, -0.1) is 0 Å². The summed E-state index contributed by atoms with van der Waals surface area (Å²) >= 11 is 6.12. The van der Waals surface area contributed by atoms with E-state index < -0.39 is 0 Å². The highest BCUT2D eigenvalue weighted by molar-refractivity contribution is 6.33. The zero-order valence-electron chi connectivity index (χ0n) is 11.6. The van der Waals surface area contributed by atoms with E-state index >= 15 is 0 Å². The van der Waals surface area contributed by atoms with Crippen LogP contribution >= 0.6 is 11.6 Å². The Hall–Kier alpha value is -1.33. The molecule has 2 rings (SSSR count). The van der Waals surface area contributed by atoms with Gasteiger partial charge in [0.15, 0.2) is 0 Å². The summed E-state index contributed by atoms with van der Waals surface area (Å²) in [5.74, 6) is 0.476. The second-order valence-electron chi connectivity index (χ2n) is 4.89. The monoisotopic (exact) mass is 297 g/mol. The van der Waals surface area contributed by atoms with E-state index in [0.29, 0.717) is 22.9 Å². The van der Waals surface area contributed by atoms with Crippen molar-refractivity contribution >= 4 is 23.3 Å². The van der Waals surface area contributed by atoms with E-state index in [1.54, 1.807) is 11.0 Å². The molecule has 0 saturated heterocycles. The number of pyridine rings is 1. The van der Waals surface area contributed by atoms with E-state index in [1.165, 1.54) is 6.20 Å². The molecule has 1 fully saturated rings. The van der Waals surface area contributed by atoms with Crippen molar-refractivity contribution in [1.29, 1.82) is 0 Å². The van der Waals surface area contributed by atoms with Crippen molar-refractivity contribution in [1.82, 2.24) is 9.88 Å². The van der Waals surface area contributed by atoms with Gasteiger partial charge in [-0.3, -0.25) is 4.79 Å². The molecular weight excluding hydrogens is 278 g/mol. The van der Waals surface area contributed by atoms with Gasteiger partial charge in [-0.05, 0) is 32.3 Å². The molecule has 0 radical (unpaired) electrons. The van der Waals surface area contributed by atoms with Crippen LogP contribution in [0.25, 0.3) is 0 Å². The highest BCUT2D eigenvalue weighted by atomic mass is 35.5. The van der Waals surface area contributed by atoms with E-state index in [9.17, 15) is 4.79 Å². The largest absolute Gasteiger partial charge is 0.395 e. The van der Waals surface area contributed by atoms with Crippen LogP contribution in [0.2, 0.25) is 5.02 Å². The molecule has 1 aliphatic rings. The Bertz CT molecular complexity index is 477. The molecule has 0 bridgehead atoms. The van der Waals surface area contributed by atoms with Crippen LogP contribution in [-0.2, 0) is 0 Å². The Balaban J connectivity index is 2.15. The maximum atomic E-state index is 12.5. The second-order valence-corrected chi connectivity index (χ2v) is 5.30. The lowest BCUT2D eigenvalue weighted by atomic mass is 9.91. The Kier molecular flexibility index (Phi) is 5.20. The van der Waals surface area contributed by atoms with Crippen molar-refractivity contribution in [2.75, 3.05) is 25.0 Å². The van der Waals surface area contributed by atoms with Crippen LogP contribution in [0.1, 0.15) is 36.5 Å². The molecule has 0 aromatic carbocycles. The van der Waals surface area contributed by atoms with E-state index in [-0.39, 0.29) is 18.6 Å². The minimum Gasteiger partial charge on any atom is -0.395 e. The Morgan fingerprint density at radius 3 is 2.85 bits per heavy atom. The Morgan fingerprint density at radius 2 is 2.35 bits per heavy atom. The van der Waals surface area contributed by atoms with Gasteiger partial charge in [-0.1, -0.05) is 11.6 Å². The van der Waals surface area contributed by atoms with Crippen LogP contribution in [0.4, 0.5) is 5.82 Å². The number of amides is 1. The fourth-order valence-electron chi connectivity index (χ4n) is 2.27. The van der Waals surface area contributed by atoms with Gasteiger partial charge in [0.2, 0.25) is 0 Å². The normalized spacial score (nSPS) is 14.8. The van der Waals surface area contributed by atoms with Crippen LogP contribution in [0.3, 0.4) is 0 Å². The predicted molar refractivity (Wildman–Crippen MR) is 79.2 cm³/mol. The smallest absolute Gasteiger partial charge is 0.255 e. The van der Waals surface area contributed by atoms with Crippen LogP contribution in [0.5, 0.6) is 0 Å². The molecule has 1 amide bonds. The third-order valence-electron chi connectivity index (χ3n) is 3.55. The van der Waals surface area contributed by atoms with Gasteiger partial charge in [0, 0.05) is 25.3 Å². The van der Waals surface area contributed by atoms with Crippen molar-refractivity contribution < 1.29 is 9.90 Å². The molecule has 5 nitrogen and oxygen atoms in total. The molecule has 1 heterocycles. The molecule has 110 valence electrons. The van der Waals surface area contributed by atoms with Crippen molar-refractivity contribution in [2.45, 2.75) is 32.2 Å². The molecule has 20 heavy (non-hydrogen) atoms. The first-order chi connectivity index (χ1) is 9.67. The fourth-order valence-corrected chi connectivity index (χ4v) is 2.51. The lowest BCUT2D eigenvalue weighted by Crippen LogP contribution is -2.45. The van der Waals surface area contributed by atoms with Gasteiger partial charge in [0.05, 0.1) is 17.2 Å². The van der Waals surface area contributed by atoms with Crippen LogP contribution in [-0.4, -0.2) is 46.6 Å². The first-order valence-electron chi connectivity index (χ1n) is 6.98. The maximum Gasteiger partial charge on any atom is 0.255 e. The van der Waals surface area contributed by atoms with Gasteiger partial charge in [-0.25, -0.2) is 4.98 Å². The first kappa shape index (κ1) is 15.1. The summed E-state index contributed by atoms with van der Waals surface area (Å²) in [5, 5.41) is 12.6. The van der Waals surface area contributed by atoms with E-state index in [0.717, 1.165) is 25.8 Å². The Labute approximate surface area is 123 Å². The SMILES string of the molecule is CCNc1ncc(C(=O)N(CCO)C2CCC2)cc1Cl. The quantitative estimate of drug-likeness (QED) is 0.844. The van der Waals surface area contributed by atoms with Gasteiger partial charge in [-0.2, -0.15) is 0 Å². The van der Waals surface area contributed by atoms with Gasteiger partial charge >= 0.3 is 0 Å². The maximum absolute atomic E-state index is 12.5. The number of anilines is 1. The number of carbonyl (C=O) groups excluding carboxylic acids is 1. The van der Waals surface area contributed by atoms with E-state index in [4.69, 9.17) is 16.7 Å². The van der Waals surface area contributed by atoms with E-state index in [1.807, 2.05) is 6.92 Å². The molecule has 1 saturated carbocycles. The third kappa shape index (κ3) is 3.22. The summed E-state index contributed by atoms with van der Waals surface area (Å²) < 4.78 is 0.